The van der Waals surface area contributed by atoms with E-state index in [0.29, 0.717) is 10.9 Å². The van der Waals surface area contributed by atoms with Crippen molar-refractivity contribution < 1.29 is 9.53 Å². The number of aromatic nitrogens is 4. The van der Waals surface area contributed by atoms with Crippen molar-refractivity contribution in [2.75, 3.05) is 12.3 Å². The summed E-state index contributed by atoms with van der Waals surface area (Å²) < 4.78 is 6.93. The molecule has 2 aromatic heterocycles. The number of thioether (sulfide) groups is 1. The van der Waals surface area contributed by atoms with Gasteiger partial charge in [-0.05, 0) is 13.8 Å². The average Bonchev–Trinajstić information content (AvgIpc) is 2.92. The minimum atomic E-state index is -0.504. The van der Waals surface area contributed by atoms with Gasteiger partial charge in [0.1, 0.15) is 11.4 Å². The zero-order valence-corrected chi connectivity index (χ0v) is 12.8. The van der Waals surface area contributed by atoms with Crippen molar-refractivity contribution in [1.82, 2.24) is 19.5 Å². The topological polar surface area (TPSA) is 95.9 Å². The van der Waals surface area contributed by atoms with Crippen molar-refractivity contribution in [1.29, 1.82) is 0 Å². The van der Waals surface area contributed by atoms with E-state index in [9.17, 15) is 4.79 Å². The predicted molar refractivity (Wildman–Crippen MR) is 79.9 cm³/mol. The first-order chi connectivity index (χ1) is 10.2. The molecular formula is C13H17N5O2S. The van der Waals surface area contributed by atoms with Gasteiger partial charge in [-0.15, -0.1) is 0 Å². The van der Waals surface area contributed by atoms with E-state index >= 15 is 0 Å². The van der Waals surface area contributed by atoms with Crippen LogP contribution >= 0.6 is 11.8 Å². The van der Waals surface area contributed by atoms with Crippen LogP contribution in [0.1, 0.15) is 29.9 Å². The molecule has 0 atom stereocenters. The van der Waals surface area contributed by atoms with Gasteiger partial charge in [-0.25, -0.2) is 19.7 Å². The molecule has 2 rings (SSSR count). The number of imidazole rings is 1. The fourth-order valence-electron chi connectivity index (χ4n) is 1.71. The van der Waals surface area contributed by atoms with Crippen LogP contribution in [-0.4, -0.2) is 32.1 Å². The normalized spacial score (nSPS) is 10.6. The van der Waals surface area contributed by atoms with E-state index in [1.807, 2.05) is 10.8 Å². The van der Waals surface area contributed by atoms with Gasteiger partial charge in [0.15, 0.2) is 5.16 Å². The van der Waals surface area contributed by atoms with Crippen LogP contribution in [-0.2, 0) is 17.0 Å². The van der Waals surface area contributed by atoms with E-state index in [4.69, 9.17) is 10.5 Å². The third-order valence-electron chi connectivity index (χ3n) is 2.78. The number of nitrogens with zero attached hydrogens (tertiary/aromatic N) is 4. The molecule has 0 radical (unpaired) electrons. The first-order valence-electron chi connectivity index (χ1n) is 6.57. The van der Waals surface area contributed by atoms with Crippen molar-refractivity contribution in [2.24, 2.45) is 0 Å². The van der Waals surface area contributed by atoms with Gasteiger partial charge >= 0.3 is 5.97 Å². The van der Waals surface area contributed by atoms with Gasteiger partial charge in [0.05, 0.1) is 12.9 Å². The molecule has 21 heavy (non-hydrogen) atoms. The lowest BCUT2D eigenvalue weighted by Crippen LogP contribution is -2.10. The number of ether oxygens (including phenoxy) is 1. The molecule has 2 heterocycles. The predicted octanol–water partition coefficient (Wildman–Crippen LogP) is 1.74. The number of rotatable bonds is 6. The molecule has 8 heteroatoms. The lowest BCUT2D eigenvalue weighted by Gasteiger charge is -2.07. The quantitative estimate of drug-likeness (QED) is 0.493. The summed E-state index contributed by atoms with van der Waals surface area (Å²) in [5.41, 5.74) is 7.05. The molecule has 0 bridgehead atoms. The smallest absolute Gasteiger partial charge is 0.343 e. The fraction of sp³-hybridized carbons (Fsp3) is 0.385. The van der Waals surface area contributed by atoms with Crippen molar-refractivity contribution >= 4 is 23.5 Å². The zero-order chi connectivity index (χ0) is 15.2. The summed E-state index contributed by atoms with van der Waals surface area (Å²) in [4.78, 5) is 24.0. The van der Waals surface area contributed by atoms with Gasteiger partial charge in [-0.2, -0.15) is 0 Å². The van der Waals surface area contributed by atoms with Gasteiger partial charge in [0, 0.05) is 30.4 Å². The molecule has 0 saturated heterocycles. The molecule has 0 saturated carbocycles. The molecule has 0 aliphatic rings. The molecule has 0 aliphatic carbocycles. The third kappa shape index (κ3) is 3.72. The highest BCUT2D eigenvalue weighted by atomic mass is 32.2. The lowest BCUT2D eigenvalue weighted by atomic mass is 10.3. The van der Waals surface area contributed by atoms with Crippen LogP contribution in [0.5, 0.6) is 0 Å². The lowest BCUT2D eigenvalue weighted by molar-refractivity contribution is 0.0526. The first-order valence-corrected chi connectivity index (χ1v) is 7.55. The zero-order valence-electron chi connectivity index (χ0n) is 11.9. The number of aryl methyl sites for hydroxylation is 1. The standard InChI is InChI=1S/C13H17N5O2S/c1-3-18-8-15-5-9(18)7-21-13-16-6-10(11(14)17-13)12(19)20-4-2/h5-6,8H,3-4,7H2,1-2H3,(H2,14,16,17). The summed E-state index contributed by atoms with van der Waals surface area (Å²) in [5.74, 6) is 0.317. The maximum Gasteiger partial charge on any atom is 0.343 e. The largest absolute Gasteiger partial charge is 0.462 e. The van der Waals surface area contributed by atoms with Crippen LogP contribution in [0.4, 0.5) is 5.82 Å². The van der Waals surface area contributed by atoms with E-state index in [-0.39, 0.29) is 18.0 Å². The number of nitrogen functional groups attached to an aromatic ring is 1. The Balaban J connectivity index is 2.05. The van der Waals surface area contributed by atoms with E-state index in [1.54, 1.807) is 13.3 Å². The van der Waals surface area contributed by atoms with Crippen LogP contribution in [0.2, 0.25) is 0 Å². The Labute approximate surface area is 126 Å². The number of hydrogen-bond donors (Lipinski definition) is 1. The Hall–Kier alpha value is -2.09. The van der Waals surface area contributed by atoms with Crippen LogP contribution in [0.15, 0.2) is 23.9 Å². The van der Waals surface area contributed by atoms with E-state index in [1.165, 1.54) is 18.0 Å². The summed E-state index contributed by atoms with van der Waals surface area (Å²) in [6.07, 6.45) is 5.00. The molecule has 0 unspecified atom stereocenters. The molecule has 0 aromatic carbocycles. The number of esters is 1. The number of nitrogens with two attached hydrogens (primary N) is 1. The third-order valence-corrected chi connectivity index (χ3v) is 3.67. The van der Waals surface area contributed by atoms with Crippen LogP contribution in [0.25, 0.3) is 0 Å². The van der Waals surface area contributed by atoms with Crippen LogP contribution < -0.4 is 5.73 Å². The minimum Gasteiger partial charge on any atom is -0.462 e. The van der Waals surface area contributed by atoms with Gasteiger partial charge < -0.3 is 15.0 Å². The molecular weight excluding hydrogens is 290 g/mol. The molecule has 2 aromatic rings. The summed E-state index contributed by atoms with van der Waals surface area (Å²) >= 11 is 1.44. The van der Waals surface area contributed by atoms with E-state index in [2.05, 4.69) is 21.9 Å². The highest BCUT2D eigenvalue weighted by Gasteiger charge is 2.14. The average molecular weight is 307 g/mol. The molecule has 0 aliphatic heterocycles. The maximum absolute atomic E-state index is 11.6. The van der Waals surface area contributed by atoms with Crippen molar-refractivity contribution in [3.05, 3.63) is 30.0 Å². The van der Waals surface area contributed by atoms with Gasteiger partial charge in [0.25, 0.3) is 0 Å². The van der Waals surface area contributed by atoms with Gasteiger partial charge in [-0.1, -0.05) is 11.8 Å². The summed E-state index contributed by atoms with van der Waals surface area (Å²) in [6.45, 7) is 4.94. The Morgan fingerprint density at radius 1 is 1.43 bits per heavy atom. The fourth-order valence-corrected chi connectivity index (χ4v) is 2.51. The van der Waals surface area contributed by atoms with Crippen molar-refractivity contribution in [2.45, 2.75) is 31.3 Å². The van der Waals surface area contributed by atoms with Crippen LogP contribution in [0, 0.1) is 0 Å². The minimum absolute atomic E-state index is 0.134. The summed E-state index contributed by atoms with van der Waals surface area (Å²) in [5, 5.41) is 0.518. The number of anilines is 1. The Bertz CT molecular complexity index is 629. The molecule has 0 amide bonds. The Morgan fingerprint density at radius 2 is 2.24 bits per heavy atom. The summed E-state index contributed by atoms with van der Waals surface area (Å²) in [7, 11) is 0. The van der Waals surface area contributed by atoms with E-state index in [0.717, 1.165) is 12.2 Å². The second-order valence-corrected chi connectivity index (χ2v) is 5.07. The first kappa shape index (κ1) is 15.3. The second kappa shape index (κ2) is 7.07. The molecule has 0 spiro atoms. The second-order valence-electron chi connectivity index (χ2n) is 4.13. The SMILES string of the molecule is CCOC(=O)c1cnc(SCc2cncn2CC)nc1N. The molecule has 0 fully saturated rings. The maximum atomic E-state index is 11.6. The van der Waals surface area contributed by atoms with E-state index < -0.39 is 5.97 Å². The highest BCUT2D eigenvalue weighted by Crippen LogP contribution is 2.21. The van der Waals surface area contributed by atoms with Crippen molar-refractivity contribution in [3.8, 4) is 0 Å². The number of carbonyl (C=O) groups excluding carboxylic acids is 1. The number of hydrogen-bond acceptors (Lipinski definition) is 7. The van der Waals surface area contributed by atoms with Crippen molar-refractivity contribution in [3.63, 3.8) is 0 Å². The Kier molecular flexibility index (Phi) is 5.15. The highest BCUT2D eigenvalue weighted by molar-refractivity contribution is 7.98. The summed E-state index contributed by atoms with van der Waals surface area (Å²) in [6, 6.07) is 0. The Morgan fingerprint density at radius 3 is 2.90 bits per heavy atom. The van der Waals surface area contributed by atoms with Gasteiger partial charge in [-0.3, -0.25) is 0 Å². The van der Waals surface area contributed by atoms with Gasteiger partial charge in [0.2, 0.25) is 0 Å². The molecule has 7 nitrogen and oxygen atoms in total. The molecule has 2 N–H and O–H groups in total. The van der Waals surface area contributed by atoms with Crippen LogP contribution in [0.3, 0.4) is 0 Å². The monoisotopic (exact) mass is 307 g/mol. The molecule has 112 valence electrons. The number of carbonyl (C=O) groups is 1.